The lowest BCUT2D eigenvalue weighted by molar-refractivity contribution is -0.115. The molecule has 2 unspecified atom stereocenters. The number of halogens is 1. The maximum atomic E-state index is 12.3. The highest BCUT2D eigenvalue weighted by atomic mass is 19.1. The van der Waals surface area contributed by atoms with Crippen LogP contribution in [0, 0.1) is 0 Å². The van der Waals surface area contributed by atoms with Gasteiger partial charge in [0.1, 0.15) is 6.17 Å². The summed E-state index contributed by atoms with van der Waals surface area (Å²) >= 11 is 0. The van der Waals surface area contributed by atoms with E-state index in [0.29, 0.717) is 0 Å². The Balaban J connectivity index is 2.38. The SMILES string of the molecule is OCC1CC(F)CN1O. The van der Waals surface area contributed by atoms with Crippen LogP contribution in [0.2, 0.25) is 0 Å². The molecule has 1 saturated heterocycles. The standard InChI is InChI=1S/C5H10FNO2/c6-4-1-5(3-8)7(9)2-4/h4-5,8-9H,1-3H2. The number of aliphatic hydroxyl groups excluding tert-OH is 1. The van der Waals surface area contributed by atoms with E-state index in [1.165, 1.54) is 0 Å². The molecule has 4 heteroatoms. The molecule has 3 nitrogen and oxygen atoms in total. The molecule has 0 amide bonds. The largest absolute Gasteiger partial charge is 0.395 e. The van der Waals surface area contributed by atoms with E-state index >= 15 is 0 Å². The van der Waals surface area contributed by atoms with E-state index in [0.717, 1.165) is 5.06 Å². The summed E-state index contributed by atoms with van der Waals surface area (Å²) in [6.07, 6.45) is -0.736. The van der Waals surface area contributed by atoms with Gasteiger partial charge in [-0.1, -0.05) is 0 Å². The van der Waals surface area contributed by atoms with Crippen molar-refractivity contribution in [3.8, 4) is 0 Å². The molecule has 0 spiro atoms. The fraction of sp³-hybridized carbons (Fsp3) is 1.00. The van der Waals surface area contributed by atoms with Crippen LogP contribution in [0.5, 0.6) is 0 Å². The highest BCUT2D eigenvalue weighted by Gasteiger charge is 2.30. The molecule has 0 aromatic carbocycles. The predicted octanol–water partition coefficient (Wildman–Crippen LogP) is -0.220. The van der Waals surface area contributed by atoms with Gasteiger partial charge >= 0.3 is 0 Å². The molecule has 0 saturated carbocycles. The second-order valence-corrected chi connectivity index (χ2v) is 2.29. The Bertz CT molecular complexity index is 101. The van der Waals surface area contributed by atoms with E-state index in [2.05, 4.69) is 0 Å². The molecule has 0 bridgehead atoms. The molecule has 0 aromatic heterocycles. The third-order valence-electron chi connectivity index (χ3n) is 1.55. The Hall–Kier alpha value is -0.190. The van der Waals surface area contributed by atoms with Gasteiger partial charge in [-0.25, -0.2) is 4.39 Å². The summed E-state index contributed by atoms with van der Waals surface area (Å²) in [5.41, 5.74) is 0. The molecular formula is C5H10FNO2. The van der Waals surface area contributed by atoms with Crippen LogP contribution in [0.15, 0.2) is 0 Å². The van der Waals surface area contributed by atoms with Gasteiger partial charge in [0.05, 0.1) is 19.2 Å². The molecule has 54 valence electrons. The molecule has 0 aliphatic carbocycles. The van der Waals surface area contributed by atoms with Gasteiger partial charge in [0.25, 0.3) is 0 Å². The fourth-order valence-corrected chi connectivity index (χ4v) is 1.01. The number of rotatable bonds is 1. The first kappa shape index (κ1) is 6.92. The highest BCUT2D eigenvalue weighted by molar-refractivity contribution is 4.79. The van der Waals surface area contributed by atoms with E-state index in [4.69, 9.17) is 10.3 Å². The van der Waals surface area contributed by atoms with Crippen LogP contribution in [0.3, 0.4) is 0 Å². The molecule has 1 aliphatic heterocycles. The van der Waals surface area contributed by atoms with Crippen molar-refractivity contribution in [2.75, 3.05) is 13.2 Å². The minimum absolute atomic E-state index is 0.0330. The zero-order valence-electron chi connectivity index (χ0n) is 5.00. The van der Waals surface area contributed by atoms with Crippen LogP contribution in [0.1, 0.15) is 6.42 Å². The normalized spacial score (nSPS) is 37.7. The summed E-state index contributed by atoms with van der Waals surface area (Å²) in [5, 5.41) is 18.1. The number of hydrogen-bond donors (Lipinski definition) is 2. The molecule has 1 rings (SSSR count). The monoisotopic (exact) mass is 135 g/mol. The average molecular weight is 135 g/mol. The Kier molecular flexibility index (Phi) is 2.00. The third kappa shape index (κ3) is 1.38. The minimum atomic E-state index is -0.979. The maximum Gasteiger partial charge on any atom is 0.117 e. The van der Waals surface area contributed by atoms with Crippen LogP contribution >= 0.6 is 0 Å². The summed E-state index contributed by atoms with van der Waals surface area (Å²) in [6, 6.07) is -0.389. The number of nitrogens with zero attached hydrogens (tertiary/aromatic N) is 1. The number of hydroxylamine groups is 2. The van der Waals surface area contributed by atoms with E-state index < -0.39 is 6.17 Å². The van der Waals surface area contributed by atoms with Gasteiger partial charge in [-0.15, -0.1) is 0 Å². The number of aliphatic hydroxyl groups is 1. The van der Waals surface area contributed by atoms with E-state index in [-0.39, 0.29) is 25.6 Å². The summed E-state index contributed by atoms with van der Waals surface area (Å²) in [4.78, 5) is 0. The van der Waals surface area contributed by atoms with E-state index in [1.807, 2.05) is 0 Å². The van der Waals surface area contributed by atoms with Crippen molar-refractivity contribution >= 4 is 0 Å². The first-order chi connectivity index (χ1) is 4.24. The van der Waals surface area contributed by atoms with Gasteiger partial charge in [0, 0.05) is 0 Å². The molecule has 0 radical (unpaired) electrons. The van der Waals surface area contributed by atoms with Crippen molar-refractivity contribution in [1.29, 1.82) is 0 Å². The van der Waals surface area contributed by atoms with Crippen molar-refractivity contribution in [2.24, 2.45) is 0 Å². The molecule has 0 aromatic rings. The van der Waals surface area contributed by atoms with E-state index in [9.17, 15) is 4.39 Å². The first-order valence-electron chi connectivity index (χ1n) is 2.94. The zero-order chi connectivity index (χ0) is 6.85. The van der Waals surface area contributed by atoms with Crippen LogP contribution in [-0.4, -0.2) is 40.7 Å². The van der Waals surface area contributed by atoms with Gasteiger partial charge in [0.2, 0.25) is 0 Å². The topological polar surface area (TPSA) is 43.7 Å². The summed E-state index contributed by atoms with van der Waals surface area (Å²) in [6.45, 7) is -0.137. The molecule has 1 aliphatic rings. The second-order valence-electron chi connectivity index (χ2n) is 2.29. The predicted molar refractivity (Wildman–Crippen MR) is 28.9 cm³/mol. The Morgan fingerprint density at radius 2 is 2.33 bits per heavy atom. The Labute approximate surface area is 52.7 Å². The number of hydrogen-bond acceptors (Lipinski definition) is 3. The van der Waals surface area contributed by atoms with Crippen LogP contribution in [0.25, 0.3) is 0 Å². The Morgan fingerprint density at radius 3 is 2.56 bits per heavy atom. The lowest BCUT2D eigenvalue weighted by Crippen LogP contribution is -2.28. The van der Waals surface area contributed by atoms with Crippen molar-refractivity contribution < 1.29 is 14.7 Å². The lowest BCUT2D eigenvalue weighted by Gasteiger charge is -2.12. The van der Waals surface area contributed by atoms with Crippen LogP contribution < -0.4 is 0 Å². The second kappa shape index (κ2) is 2.60. The first-order valence-corrected chi connectivity index (χ1v) is 2.94. The smallest absolute Gasteiger partial charge is 0.117 e. The van der Waals surface area contributed by atoms with Crippen molar-refractivity contribution in [3.05, 3.63) is 0 Å². The zero-order valence-corrected chi connectivity index (χ0v) is 5.00. The quantitative estimate of drug-likeness (QED) is 0.522. The molecule has 2 N–H and O–H groups in total. The van der Waals surface area contributed by atoms with Gasteiger partial charge in [-0.2, -0.15) is 5.06 Å². The van der Waals surface area contributed by atoms with Crippen molar-refractivity contribution in [2.45, 2.75) is 18.6 Å². The number of alkyl halides is 1. The molecule has 2 atom stereocenters. The summed E-state index contributed by atoms with van der Waals surface area (Å²) < 4.78 is 12.3. The summed E-state index contributed by atoms with van der Waals surface area (Å²) in [5.74, 6) is 0. The average Bonchev–Trinajstić information content (AvgIpc) is 2.10. The molecule has 1 fully saturated rings. The van der Waals surface area contributed by atoms with Gasteiger partial charge < -0.3 is 10.3 Å². The summed E-state index contributed by atoms with van der Waals surface area (Å²) in [7, 11) is 0. The van der Waals surface area contributed by atoms with Crippen LogP contribution in [-0.2, 0) is 0 Å². The van der Waals surface area contributed by atoms with Gasteiger partial charge in [-0.3, -0.25) is 0 Å². The highest BCUT2D eigenvalue weighted by Crippen LogP contribution is 2.16. The van der Waals surface area contributed by atoms with Crippen molar-refractivity contribution in [1.82, 2.24) is 5.06 Å². The molecule has 1 heterocycles. The van der Waals surface area contributed by atoms with Gasteiger partial charge in [-0.05, 0) is 6.42 Å². The minimum Gasteiger partial charge on any atom is -0.395 e. The maximum absolute atomic E-state index is 12.3. The fourth-order valence-electron chi connectivity index (χ4n) is 1.01. The van der Waals surface area contributed by atoms with Crippen LogP contribution in [0.4, 0.5) is 4.39 Å². The lowest BCUT2D eigenvalue weighted by atomic mass is 10.2. The third-order valence-corrected chi connectivity index (χ3v) is 1.55. The molecule has 9 heavy (non-hydrogen) atoms. The Morgan fingerprint density at radius 1 is 1.67 bits per heavy atom. The molecular weight excluding hydrogens is 125 g/mol. The van der Waals surface area contributed by atoms with E-state index in [1.54, 1.807) is 0 Å². The van der Waals surface area contributed by atoms with Gasteiger partial charge in [0.15, 0.2) is 0 Å². The van der Waals surface area contributed by atoms with Crippen molar-refractivity contribution in [3.63, 3.8) is 0 Å².